The van der Waals surface area contributed by atoms with E-state index in [4.69, 9.17) is 0 Å². The Labute approximate surface area is 129 Å². The van der Waals surface area contributed by atoms with Gasteiger partial charge >= 0.3 is 0 Å². The number of benzene rings is 1. The minimum atomic E-state index is -0.207. The van der Waals surface area contributed by atoms with E-state index in [9.17, 15) is 4.39 Å². The summed E-state index contributed by atoms with van der Waals surface area (Å²) < 4.78 is 13.8. The summed E-state index contributed by atoms with van der Waals surface area (Å²) in [6, 6.07) is 6.23. The van der Waals surface area contributed by atoms with Gasteiger partial charge in [0.1, 0.15) is 5.82 Å². The lowest BCUT2D eigenvalue weighted by Crippen LogP contribution is -2.36. The molecular formula is C16H24BrFN2. The van der Waals surface area contributed by atoms with Crippen LogP contribution in [0.1, 0.15) is 44.2 Å². The van der Waals surface area contributed by atoms with Crippen LogP contribution in [0.25, 0.3) is 0 Å². The summed E-state index contributed by atoms with van der Waals surface area (Å²) in [6.45, 7) is 4.15. The lowest BCUT2D eigenvalue weighted by Gasteiger charge is -2.25. The first-order valence-electron chi connectivity index (χ1n) is 7.46. The van der Waals surface area contributed by atoms with Gasteiger partial charge in [-0.3, -0.25) is 0 Å². The van der Waals surface area contributed by atoms with Crippen molar-refractivity contribution in [2.75, 3.05) is 20.1 Å². The second-order valence-electron chi connectivity index (χ2n) is 5.77. The van der Waals surface area contributed by atoms with Crippen LogP contribution in [0.5, 0.6) is 0 Å². The number of hydrogen-bond acceptors (Lipinski definition) is 2. The second-order valence-corrected chi connectivity index (χ2v) is 6.62. The molecule has 0 aromatic heterocycles. The summed E-state index contributed by atoms with van der Waals surface area (Å²) in [6.07, 6.45) is 5.44. The predicted octanol–water partition coefficient (Wildman–Crippen LogP) is 4.11. The average Bonchev–Trinajstić information content (AvgIpc) is 2.95. The monoisotopic (exact) mass is 342 g/mol. The molecule has 1 aliphatic rings. The van der Waals surface area contributed by atoms with E-state index in [2.05, 4.69) is 40.1 Å². The molecule has 0 heterocycles. The van der Waals surface area contributed by atoms with Gasteiger partial charge in [-0.05, 0) is 60.4 Å². The van der Waals surface area contributed by atoms with Gasteiger partial charge in [-0.2, -0.15) is 0 Å². The second kappa shape index (κ2) is 7.53. The van der Waals surface area contributed by atoms with Gasteiger partial charge < -0.3 is 10.2 Å². The highest BCUT2D eigenvalue weighted by atomic mass is 79.9. The summed E-state index contributed by atoms with van der Waals surface area (Å²) >= 11 is 3.24. The van der Waals surface area contributed by atoms with E-state index >= 15 is 0 Å². The van der Waals surface area contributed by atoms with Crippen molar-refractivity contribution in [3.05, 3.63) is 34.1 Å². The molecule has 0 spiro atoms. The van der Waals surface area contributed by atoms with Crippen molar-refractivity contribution in [3.63, 3.8) is 0 Å². The van der Waals surface area contributed by atoms with Crippen LogP contribution in [-0.2, 0) is 0 Å². The Hall–Kier alpha value is -0.450. The maximum absolute atomic E-state index is 13.2. The maximum Gasteiger partial charge on any atom is 0.137 e. The minimum absolute atomic E-state index is 0.207. The maximum atomic E-state index is 13.2. The molecule has 2 rings (SSSR count). The van der Waals surface area contributed by atoms with E-state index in [1.54, 1.807) is 0 Å². The molecule has 0 radical (unpaired) electrons. The van der Waals surface area contributed by atoms with Gasteiger partial charge in [-0.25, -0.2) is 4.39 Å². The highest BCUT2D eigenvalue weighted by Gasteiger charge is 2.19. The molecule has 1 N–H and O–H groups in total. The summed E-state index contributed by atoms with van der Waals surface area (Å²) in [5.41, 5.74) is 1.11. The first-order chi connectivity index (χ1) is 9.58. The van der Waals surface area contributed by atoms with Crippen molar-refractivity contribution in [2.24, 2.45) is 0 Å². The molecule has 1 aromatic carbocycles. The van der Waals surface area contributed by atoms with E-state index < -0.39 is 0 Å². The largest absolute Gasteiger partial charge is 0.309 e. The molecule has 4 heteroatoms. The number of nitrogens with one attached hydrogen (secondary N) is 1. The fraction of sp³-hybridized carbons (Fsp3) is 0.625. The Balaban J connectivity index is 1.76. The molecule has 1 saturated carbocycles. The zero-order valence-electron chi connectivity index (χ0n) is 12.3. The third-order valence-corrected chi connectivity index (χ3v) is 4.91. The molecule has 0 aliphatic heterocycles. The Morgan fingerprint density at radius 2 is 2.10 bits per heavy atom. The van der Waals surface area contributed by atoms with Crippen molar-refractivity contribution < 1.29 is 4.39 Å². The van der Waals surface area contributed by atoms with Crippen LogP contribution >= 0.6 is 15.9 Å². The highest BCUT2D eigenvalue weighted by Crippen LogP contribution is 2.23. The topological polar surface area (TPSA) is 15.3 Å². The summed E-state index contributed by atoms with van der Waals surface area (Å²) in [7, 11) is 2.22. The van der Waals surface area contributed by atoms with Crippen LogP contribution in [0, 0.1) is 5.82 Å². The van der Waals surface area contributed by atoms with Crippen LogP contribution in [0.2, 0.25) is 0 Å². The number of likely N-dealkylation sites (N-methyl/N-ethyl adjacent to an activating group) is 1. The lowest BCUT2D eigenvalue weighted by molar-refractivity contribution is 0.243. The van der Waals surface area contributed by atoms with E-state index in [0.717, 1.165) is 24.7 Å². The third kappa shape index (κ3) is 4.27. The molecular weight excluding hydrogens is 319 g/mol. The van der Waals surface area contributed by atoms with Crippen molar-refractivity contribution in [3.8, 4) is 0 Å². The Morgan fingerprint density at radius 1 is 1.40 bits per heavy atom. The van der Waals surface area contributed by atoms with Crippen LogP contribution < -0.4 is 5.32 Å². The summed E-state index contributed by atoms with van der Waals surface area (Å²) in [5.74, 6) is -0.207. The van der Waals surface area contributed by atoms with Crippen LogP contribution in [0.4, 0.5) is 4.39 Å². The van der Waals surface area contributed by atoms with Gasteiger partial charge in [-0.1, -0.05) is 18.9 Å². The van der Waals surface area contributed by atoms with Crippen molar-refractivity contribution in [1.82, 2.24) is 10.2 Å². The van der Waals surface area contributed by atoms with Crippen LogP contribution in [-0.4, -0.2) is 31.1 Å². The summed E-state index contributed by atoms with van der Waals surface area (Å²) in [4.78, 5) is 2.47. The zero-order chi connectivity index (χ0) is 14.5. The van der Waals surface area contributed by atoms with Gasteiger partial charge in [0.15, 0.2) is 0 Å². The SMILES string of the molecule is CC(NCCN(C)C1CCCC1)c1ccc(F)c(Br)c1. The molecule has 1 atom stereocenters. The fourth-order valence-corrected chi connectivity index (χ4v) is 3.28. The summed E-state index contributed by atoms with van der Waals surface area (Å²) in [5, 5.41) is 3.52. The number of hydrogen-bond donors (Lipinski definition) is 1. The predicted molar refractivity (Wildman–Crippen MR) is 85.4 cm³/mol. The first kappa shape index (κ1) is 15.9. The van der Waals surface area contributed by atoms with E-state index in [-0.39, 0.29) is 11.9 Å². The van der Waals surface area contributed by atoms with E-state index in [1.807, 2.05) is 12.1 Å². The standard InChI is InChI=1S/C16H24BrFN2/c1-12(13-7-8-16(18)15(17)11-13)19-9-10-20(2)14-5-3-4-6-14/h7-8,11-12,14,19H,3-6,9-10H2,1-2H3. The highest BCUT2D eigenvalue weighted by molar-refractivity contribution is 9.10. The molecule has 2 nitrogen and oxygen atoms in total. The van der Waals surface area contributed by atoms with Gasteiger partial charge in [0.2, 0.25) is 0 Å². The van der Waals surface area contributed by atoms with Gasteiger partial charge in [0.25, 0.3) is 0 Å². The van der Waals surface area contributed by atoms with Crippen molar-refractivity contribution in [2.45, 2.75) is 44.7 Å². The van der Waals surface area contributed by atoms with E-state index in [0.29, 0.717) is 4.47 Å². The Kier molecular flexibility index (Phi) is 6.00. The smallest absolute Gasteiger partial charge is 0.137 e. The lowest BCUT2D eigenvalue weighted by atomic mass is 10.1. The normalized spacial score (nSPS) is 17.9. The minimum Gasteiger partial charge on any atom is -0.309 e. The van der Waals surface area contributed by atoms with Crippen molar-refractivity contribution in [1.29, 1.82) is 0 Å². The number of halogens is 2. The molecule has 112 valence electrons. The van der Waals surface area contributed by atoms with Gasteiger partial charge in [0.05, 0.1) is 4.47 Å². The van der Waals surface area contributed by atoms with Crippen LogP contribution in [0.3, 0.4) is 0 Å². The van der Waals surface area contributed by atoms with Crippen LogP contribution in [0.15, 0.2) is 22.7 Å². The molecule has 0 saturated heterocycles. The average molecular weight is 343 g/mol. The van der Waals surface area contributed by atoms with Crippen molar-refractivity contribution >= 4 is 15.9 Å². The van der Waals surface area contributed by atoms with Gasteiger partial charge in [0, 0.05) is 25.2 Å². The molecule has 1 fully saturated rings. The number of nitrogens with zero attached hydrogens (tertiary/aromatic N) is 1. The fourth-order valence-electron chi connectivity index (χ4n) is 2.88. The quantitative estimate of drug-likeness (QED) is 0.836. The Morgan fingerprint density at radius 3 is 2.75 bits per heavy atom. The molecule has 0 amide bonds. The molecule has 1 aliphatic carbocycles. The number of rotatable bonds is 6. The molecule has 1 unspecified atom stereocenters. The van der Waals surface area contributed by atoms with E-state index in [1.165, 1.54) is 31.7 Å². The first-order valence-corrected chi connectivity index (χ1v) is 8.26. The zero-order valence-corrected chi connectivity index (χ0v) is 13.9. The molecule has 0 bridgehead atoms. The van der Waals surface area contributed by atoms with Gasteiger partial charge in [-0.15, -0.1) is 0 Å². The molecule has 1 aromatic rings. The Bertz CT molecular complexity index is 432. The molecule has 20 heavy (non-hydrogen) atoms. The third-order valence-electron chi connectivity index (χ3n) is 4.31.